The highest BCUT2D eigenvalue weighted by atomic mass is 32.1. The van der Waals surface area contributed by atoms with Crippen LogP contribution in [0.25, 0.3) is 0 Å². The Labute approximate surface area is 108 Å². The minimum absolute atomic E-state index is 0.0463. The molecule has 1 N–H and O–H groups in total. The van der Waals surface area contributed by atoms with E-state index in [1.807, 2.05) is 6.92 Å². The predicted octanol–water partition coefficient (Wildman–Crippen LogP) is 2.71. The molecule has 0 radical (unpaired) electrons. The highest BCUT2D eigenvalue weighted by Gasteiger charge is 2.16. The molecule has 18 heavy (non-hydrogen) atoms. The summed E-state index contributed by atoms with van der Waals surface area (Å²) in [5, 5.41) is 7.02. The number of halogens is 2. The maximum atomic E-state index is 13.6. The second kappa shape index (κ2) is 5.97. The molecule has 96 valence electrons. The average molecular weight is 269 g/mol. The summed E-state index contributed by atoms with van der Waals surface area (Å²) in [5.74, 6) is -1.08. The van der Waals surface area contributed by atoms with E-state index in [1.54, 1.807) is 6.20 Å². The lowest BCUT2D eigenvalue weighted by Gasteiger charge is -2.15. The van der Waals surface area contributed by atoms with Gasteiger partial charge in [0.2, 0.25) is 0 Å². The van der Waals surface area contributed by atoms with Gasteiger partial charge >= 0.3 is 0 Å². The van der Waals surface area contributed by atoms with Gasteiger partial charge in [0.1, 0.15) is 11.6 Å². The van der Waals surface area contributed by atoms with Gasteiger partial charge in [-0.1, -0.05) is 17.5 Å². The summed E-state index contributed by atoms with van der Waals surface area (Å²) in [4.78, 5) is 0.945. The van der Waals surface area contributed by atoms with Crippen LogP contribution in [0, 0.1) is 11.6 Å². The summed E-state index contributed by atoms with van der Waals surface area (Å²) in [6.45, 7) is 2.73. The molecule has 1 aromatic heterocycles. The number of nitrogens with one attached hydrogen (secondary N) is 1. The Morgan fingerprint density at radius 2 is 2.22 bits per heavy atom. The van der Waals surface area contributed by atoms with Crippen molar-refractivity contribution in [1.29, 1.82) is 0 Å². The van der Waals surface area contributed by atoms with E-state index in [0.29, 0.717) is 12.0 Å². The van der Waals surface area contributed by atoms with E-state index in [2.05, 4.69) is 14.9 Å². The summed E-state index contributed by atoms with van der Waals surface area (Å²) in [5.41, 5.74) is 0.482. The van der Waals surface area contributed by atoms with Gasteiger partial charge in [-0.2, -0.15) is 0 Å². The Morgan fingerprint density at radius 3 is 2.83 bits per heavy atom. The van der Waals surface area contributed by atoms with Gasteiger partial charge in [0, 0.05) is 12.1 Å². The molecule has 2 aromatic rings. The van der Waals surface area contributed by atoms with Crippen LogP contribution in [0.4, 0.5) is 8.78 Å². The molecule has 0 amide bonds. The summed E-state index contributed by atoms with van der Waals surface area (Å²) in [7, 11) is 0. The Balaban J connectivity index is 2.18. The van der Waals surface area contributed by atoms with Gasteiger partial charge in [0.15, 0.2) is 0 Å². The number of nitrogens with zero attached hydrogens (tertiary/aromatic N) is 2. The zero-order valence-electron chi connectivity index (χ0n) is 9.86. The zero-order valence-corrected chi connectivity index (χ0v) is 10.7. The molecule has 1 aromatic carbocycles. The highest BCUT2D eigenvalue weighted by molar-refractivity contribution is 7.05. The summed E-state index contributed by atoms with van der Waals surface area (Å²) >= 11 is 1.28. The minimum atomic E-state index is -0.560. The third-order valence-corrected chi connectivity index (χ3v) is 3.39. The molecule has 0 saturated carbocycles. The molecule has 0 saturated heterocycles. The second-order valence-electron chi connectivity index (χ2n) is 3.87. The van der Waals surface area contributed by atoms with Crippen molar-refractivity contribution < 1.29 is 8.78 Å². The minimum Gasteiger partial charge on any atom is -0.309 e. The van der Waals surface area contributed by atoms with Crippen LogP contribution in [-0.4, -0.2) is 16.1 Å². The van der Waals surface area contributed by atoms with Crippen LogP contribution in [0.3, 0.4) is 0 Å². The normalized spacial score (nSPS) is 12.6. The average Bonchev–Trinajstić information content (AvgIpc) is 2.85. The van der Waals surface area contributed by atoms with Crippen molar-refractivity contribution in [1.82, 2.24) is 14.9 Å². The molecular weight excluding hydrogens is 256 g/mol. The molecule has 0 aliphatic carbocycles. The Bertz CT molecular complexity index is 502. The standard InChI is InChI=1S/C12H13F2N3S/c1-2-15-11(12-7-16-17-18-12)5-8-3-4-9(13)6-10(8)14/h3-4,6-7,11,15H,2,5H2,1H3. The molecule has 0 aliphatic heterocycles. The van der Waals surface area contributed by atoms with Crippen molar-refractivity contribution in [3.05, 3.63) is 46.5 Å². The molecule has 1 heterocycles. The quantitative estimate of drug-likeness (QED) is 0.907. The Morgan fingerprint density at radius 1 is 1.39 bits per heavy atom. The molecule has 2 rings (SSSR count). The molecule has 0 aliphatic rings. The largest absolute Gasteiger partial charge is 0.309 e. The number of hydrogen-bond donors (Lipinski definition) is 1. The smallest absolute Gasteiger partial charge is 0.129 e. The molecule has 3 nitrogen and oxygen atoms in total. The third-order valence-electron chi connectivity index (χ3n) is 2.61. The van der Waals surface area contributed by atoms with E-state index >= 15 is 0 Å². The van der Waals surface area contributed by atoms with Crippen molar-refractivity contribution >= 4 is 11.5 Å². The van der Waals surface area contributed by atoms with Gasteiger partial charge in [0.05, 0.1) is 11.1 Å². The van der Waals surface area contributed by atoms with Gasteiger partial charge in [-0.15, -0.1) is 5.10 Å². The van der Waals surface area contributed by atoms with E-state index in [4.69, 9.17) is 0 Å². The van der Waals surface area contributed by atoms with E-state index in [0.717, 1.165) is 17.5 Å². The lowest BCUT2D eigenvalue weighted by Crippen LogP contribution is -2.22. The molecule has 1 atom stereocenters. The van der Waals surface area contributed by atoms with Crippen molar-refractivity contribution in [3.63, 3.8) is 0 Å². The van der Waals surface area contributed by atoms with Crippen molar-refractivity contribution in [2.24, 2.45) is 0 Å². The number of aromatic nitrogens is 2. The van der Waals surface area contributed by atoms with Gasteiger partial charge in [0.25, 0.3) is 0 Å². The van der Waals surface area contributed by atoms with E-state index in [9.17, 15) is 8.78 Å². The van der Waals surface area contributed by atoms with Crippen molar-refractivity contribution in [3.8, 4) is 0 Å². The molecule has 1 unspecified atom stereocenters. The Hall–Kier alpha value is -1.40. The molecular formula is C12H13F2N3S. The van der Waals surface area contributed by atoms with Crippen LogP contribution in [-0.2, 0) is 6.42 Å². The van der Waals surface area contributed by atoms with E-state index in [-0.39, 0.29) is 6.04 Å². The maximum absolute atomic E-state index is 13.6. The van der Waals surface area contributed by atoms with Gasteiger partial charge < -0.3 is 5.32 Å². The topological polar surface area (TPSA) is 37.8 Å². The first-order valence-electron chi connectivity index (χ1n) is 5.65. The number of hydrogen-bond acceptors (Lipinski definition) is 4. The summed E-state index contributed by atoms with van der Waals surface area (Å²) < 4.78 is 30.2. The van der Waals surface area contributed by atoms with Crippen LogP contribution in [0.2, 0.25) is 0 Å². The van der Waals surface area contributed by atoms with Crippen LogP contribution >= 0.6 is 11.5 Å². The summed E-state index contributed by atoms with van der Waals surface area (Å²) in [6.07, 6.45) is 2.11. The van der Waals surface area contributed by atoms with Crippen LogP contribution in [0.15, 0.2) is 24.4 Å². The SMILES string of the molecule is CCNC(Cc1ccc(F)cc1F)c1cnns1. The lowest BCUT2D eigenvalue weighted by molar-refractivity contribution is 0.525. The predicted molar refractivity (Wildman–Crippen MR) is 66.4 cm³/mol. The van der Waals surface area contributed by atoms with Crippen LogP contribution < -0.4 is 5.32 Å². The zero-order chi connectivity index (χ0) is 13.0. The van der Waals surface area contributed by atoms with Gasteiger partial charge in [-0.05, 0) is 36.1 Å². The van der Waals surface area contributed by atoms with Crippen molar-refractivity contribution in [2.75, 3.05) is 6.54 Å². The van der Waals surface area contributed by atoms with Gasteiger partial charge in [-0.25, -0.2) is 8.78 Å². The fraction of sp³-hybridized carbons (Fsp3) is 0.333. The highest BCUT2D eigenvalue weighted by Crippen LogP contribution is 2.22. The molecule has 0 spiro atoms. The fourth-order valence-corrected chi connectivity index (χ4v) is 2.33. The first-order chi connectivity index (χ1) is 8.70. The van der Waals surface area contributed by atoms with Crippen LogP contribution in [0.1, 0.15) is 23.4 Å². The second-order valence-corrected chi connectivity index (χ2v) is 4.69. The first-order valence-corrected chi connectivity index (χ1v) is 6.42. The maximum Gasteiger partial charge on any atom is 0.129 e. The third kappa shape index (κ3) is 3.08. The number of rotatable bonds is 5. The molecule has 0 fully saturated rings. The number of likely N-dealkylation sites (N-methyl/N-ethyl adjacent to an activating group) is 1. The molecule has 0 bridgehead atoms. The first kappa shape index (κ1) is 13.0. The van der Waals surface area contributed by atoms with Crippen LogP contribution in [0.5, 0.6) is 0 Å². The fourth-order valence-electron chi connectivity index (χ4n) is 1.76. The van der Waals surface area contributed by atoms with E-state index < -0.39 is 11.6 Å². The van der Waals surface area contributed by atoms with Gasteiger partial charge in [-0.3, -0.25) is 0 Å². The summed E-state index contributed by atoms with van der Waals surface area (Å²) in [6, 6.07) is 3.61. The monoisotopic (exact) mass is 269 g/mol. The lowest BCUT2D eigenvalue weighted by atomic mass is 10.0. The van der Waals surface area contributed by atoms with E-state index in [1.165, 1.54) is 23.7 Å². The van der Waals surface area contributed by atoms with Crippen molar-refractivity contribution in [2.45, 2.75) is 19.4 Å². The Kier molecular flexibility index (Phi) is 4.33. The number of benzene rings is 1. The molecule has 6 heteroatoms.